The van der Waals surface area contributed by atoms with Crippen molar-refractivity contribution in [1.29, 1.82) is 0 Å². The molecule has 0 bridgehead atoms. The molecule has 13 aromatic carbocycles. The maximum absolute atomic E-state index is 12.0. The number of hydroxylamine groups is 4. The first-order valence-electron chi connectivity index (χ1n) is 47.2. The number of carbonyl (C=O) groups excluding carboxylic acids is 6. The molecular weight excluding hydrogens is 2210 g/mol. The molecule has 23 heteroatoms. The van der Waals surface area contributed by atoms with Crippen molar-refractivity contribution >= 4 is 237 Å². The van der Waals surface area contributed by atoms with E-state index in [1.165, 1.54) is 139 Å². The second-order valence-corrected chi connectivity index (χ2v) is 63.4. The number of halogens is 1. The van der Waals surface area contributed by atoms with Crippen LogP contribution in [0.2, 0.25) is 13.3 Å². The average Bonchev–Trinajstić information content (AvgIpc) is 1.71. The average molecular weight is 2320 g/mol. The zero-order valence-electron chi connectivity index (χ0n) is 80.4. The Labute approximate surface area is 894 Å². The van der Waals surface area contributed by atoms with Gasteiger partial charge in [0.25, 0.3) is 23.6 Å². The van der Waals surface area contributed by atoms with Gasteiger partial charge in [-0.1, -0.05) is 400 Å². The zero-order valence-corrected chi connectivity index (χ0v) is 94.9. The number of benzene rings is 13. The summed E-state index contributed by atoms with van der Waals surface area (Å²) in [5, 5.41) is 17.9. The molecule has 10 nitrogen and oxygen atoms in total. The normalized spacial score (nSPS) is 11.8. The fourth-order valence-electron chi connectivity index (χ4n) is 15.4. The summed E-state index contributed by atoms with van der Waals surface area (Å²) in [6, 6.07) is 155. The smallest absolute Gasteiger partial charge is 0.324 e. The molecule has 0 unspecified atom stereocenters. The van der Waals surface area contributed by atoms with Crippen molar-refractivity contribution in [3.8, 4) is 9.75 Å². The van der Waals surface area contributed by atoms with Crippen LogP contribution < -0.4 is 66.5 Å². The molecule has 0 saturated carbocycles. The van der Waals surface area contributed by atoms with Gasteiger partial charge in [-0.25, -0.2) is 9.59 Å². The molecule has 17 aromatic rings. The molecule has 0 atom stereocenters. The van der Waals surface area contributed by atoms with Gasteiger partial charge in [-0.3, -0.25) is 19.2 Å². The van der Waals surface area contributed by atoms with Gasteiger partial charge in [-0.2, -0.15) is 0 Å². The van der Waals surface area contributed by atoms with E-state index in [2.05, 4.69) is 449 Å². The van der Waals surface area contributed by atoms with Crippen LogP contribution in [-0.4, -0.2) is 76.6 Å². The molecule has 0 spiro atoms. The van der Waals surface area contributed by atoms with Crippen molar-refractivity contribution in [2.45, 2.75) is 114 Å². The maximum atomic E-state index is 12.0. The van der Waals surface area contributed by atoms with E-state index < -0.39 is 85.6 Å². The molecule has 2 fully saturated rings. The third kappa shape index (κ3) is 35.0. The van der Waals surface area contributed by atoms with E-state index in [0.29, 0.717) is 19.9 Å². The van der Waals surface area contributed by atoms with Crippen LogP contribution in [0.1, 0.15) is 110 Å². The Bertz CT molecular complexity index is 5650. The number of thiophene rings is 4. The fraction of sp³-hybridized carbons (Fsp3) is 0.160. The van der Waals surface area contributed by atoms with Gasteiger partial charge in [-0.05, 0) is 161 Å². The Morgan fingerprint density at radius 3 is 0.725 bits per heavy atom. The van der Waals surface area contributed by atoms with Gasteiger partial charge in [0.05, 0.1) is 8.00 Å². The summed E-state index contributed by atoms with van der Waals surface area (Å²) in [5.41, 5.74) is 1.32. The topological polar surface area (TPSA) is 127 Å². The van der Waals surface area contributed by atoms with Crippen LogP contribution in [0.5, 0.6) is 0 Å². The minimum Gasteiger partial charge on any atom is -0.324 e. The van der Waals surface area contributed by atoms with Gasteiger partial charge in [0.2, 0.25) is 0 Å². The molecule has 2 saturated heterocycles. The van der Waals surface area contributed by atoms with E-state index in [1.54, 1.807) is 54.6 Å². The number of unbranched alkanes of at least 4 members (excludes halogenated alkanes) is 3. The number of hydrogen-bond donors (Lipinski definition) is 0. The quantitative estimate of drug-likeness (QED) is 0.0193. The van der Waals surface area contributed by atoms with Gasteiger partial charge < -0.3 is 9.68 Å². The van der Waals surface area contributed by atoms with E-state index in [-0.39, 0.29) is 46.1 Å². The number of nitrogens with zero attached hydrogens (tertiary/aromatic N) is 2. The van der Waals surface area contributed by atoms with Crippen molar-refractivity contribution in [3.05, 3.63) is 462 Å². The van der Waals surface area contributed by atoms with E-state index in [4.69, 9.17) is 9.68 Å². The molecule has 6 heterocycles. The number of amides is 4. The van der Waals surface area contributed by atoms with Gasteiger partial charge in [0.15, 0.2) is 0 Å². The molecule has 728 valence electrons. The van der Waals surface area contributed by atoms with E-state index in [1.807, 2.05) is 57.3 Å². The van der Waals surface area contributed by atoms with Crippen LogP contribution in [0.4, 0.5) is 0 Å². The Morgan fingerprint density at radius 2 is 0.514 bits per heavy atom. The van der Waals surface area contributed by atoms with Crippen molar-refractivity contribution < 1.29 is 58.9 Å². The van der Waals surface area contributed by atoms with E-state index in [9.17, 15) is 28.8 Å². The first-order chi connectivity index (χ1) is 69.1. The second kappa shape index (κ2) is 62.2. The molecule has 2 aliphatic rings. The largest absolute Gasteiger partial charge is 0.373 e. The molecule has 0 aliphatic carbocycles. The third-order valence-corrected chi connectivity index (χ3v) is 57.7. The predicted molar refractivity (Wildman–Crippen MR) is 617 cm³/mol. The monoisotopic (exact) mass is 2320 g/mol. The van der Waals surface area contributed by atoms with Crippen LogP contribution in [-0.2, 0) is 49.3 Å². The molecule has 142 heavy (non-hydrogen) atoms. The van der Waals surface area contributed by atoms with Crippen molar-refractivity contribution in [3.63, 3.8) is 0 Å². The van der Waals surface area contributed by atoms with E-state index in [0.717, 1.165) is 13.5 Å². The van der Waals surface area contributed by atoms with Gasteiger partial charge in [-0.15, -0.1) is 55.9 Å². The zero-order chi connectivity index (χ0) is 99.0. The third-order valence-electron chi connectivity index (χ3n) is 22.4. The number of hydrogen-bond acceptors (Lipinski definition) is 14. The standard InChI is InChI=1S/4C18H15P.C14H11NO4S3.C9H6BrNO4S.C7H8.C5H5S2.3C4H9.Pd.Sn/c4*1-4-10-16(11-5-1)19(17-12-6-2-7-13-17)18-14-8-3-9-15-18;1-20-13-7-4-9(22-13)8-2-3-10(21-8)14(18)19-15-11(16)5-6-12(15)17;10-6-2-1-5(16-6)9(14)15-11-7(12)3-4-8(11)13;1-7-5-3-2-4-6-7;1-6-5-3-2-4-7-5;3*1-3-4-2;;/h4*1-15H;2-4,7H,5-6H2,1H3;1-2H,3-4H2;2-6H,1H3;2-3H,1H3;3*1,3-4H2,2H3;;. The summed E-state index contributed by atoms with van der Waals surface area (Å²) in [4.78, 5) is 81.2. The number of carbonyl (C=O) groups is 6. The van der Waals surface area contributed by atoms with Crippen molar-refractivity contribution in [2.75, 3.05) is 12.5 Å². The Kier molecular flexibility index (Phi) is 49.3. The summed E-state index contributed by atoms with van der Waals surface area (Å²) in [6.07, 6.45) is 13.1. The van der Waals surface area contributed by atoms with Crippen LogP contribution in [0.25, 0.3) is 9.75 Å². The Balaban J connectivity index is 0.000000156. The molecule has 4 amide bonds. The summed E-state index contributed by atoms with van der Waals surface area (Å²) in [7, 11) is -1.78. The molecule has 4 aromatic heterocycles. The molecule has 0 N–H and O–H groups in total. The van der Waals surface area contributed by atoms with Crippen molar-refractivity contribution in [2.24, 2.45) is 0 Å². The number of rotatable bonds is 29. The van der Waals surface area contributed by atoms with Crippen LogP contribution in [0, 0.1) is 6.92 Å². The Morgan fingerprint density at radius 1 is 0.296 bits per heavy atom. The van der Waals surface area contributed by atoms with Gasteiger partial charge >= 0.3 is 152 Å². The second-order valence-electron chi connectivity index (χ2n) is 32.4. The minimum absolute atomic E-state index is 0. The first kappa shape index (κ1) is 113. The minimum atomic E-state index is -2.09. The first-order valence-corrected chi connectivity index (χ1v) is 66.6. The molecule has 2 aliphatic heterocycles. The molecule has 0 radical (unpaired) electrons. The number of imide groups is 2. The van der Waals surface area contributed by atoms with E-state index >= 15 is 0 Å². The fourth-order valence-corrected chi connectivity index (χ4v) is 49.7. The maximum Gasteiger partial charge on any atom is 0.373 e. The summed E-state index contributed by atoms with van der Waals surface area (Å²) >= 11 is 11.0. The Hall–Kier alpha value is -9.76. The molecular formula is C119H117BrN2O8P4PdS6Sn. The van der Waals surface area contributed by atoms with Crippen LogP contribution in [0.15, 0.2) is 455 Å². The molecule has 19 rings (SSSR count). The summed E-state index contributed by atoms with van der Waals surface area (Å²) in [5.74, 6) is -3.28. The van der Waals surface area contributed by atoms with Crippen LogP contribution >= 0.6 is 116 Å². The predicted octanol–water partition coefficient (Wildman–Crippen LogP) is 27.4. The van der Waals surface area contributed by atoms with Crippen molar-refractivity contribution in [1.82, 2.24) is 10.1 Å². The summed E-state index contributed by atoms with van der Waals surface area (Å²) < 4.78 is 10.2. The van der Waals surface area contributed by atoms with Gasteiger partial charge in [0, 0.05) is 55.9 Å². The SMILES string of the molecule is CCC[CH2][Sn]([CH2]CCC)([CH2]CCC)[c]1ccc(SC)s1.CSc1ccc(-c2ccc(C(=O)ON3C(=O)CCC3=O)s2)s1.Cc1ccccc1.O=C(ON1C(=O)CCC1=O)c1ccc(Br)s1.[Pd].c1ccc(P(c2ccccc2)c2ccccc2)cc1.c1ccc(P(c2ccccc2)c2ccccc2)cc1.c1ccc(P(c2ccccc2)c2ccccc2)cc1.c1ccc(P(c2ccccc2)c2ccccc2)cc1. The number of thioether (sulfide) groups is 2. The van der Waals surface area contributed by atoms with Crippen LogP contribution in [0.3, 0.4) is 0 Å². The van der Waals surface area contributed by atoms with Gasteiger partial charge in [0.1, 0.15) is 9.75 Å². The number of aryl methyl sites for hydroxylation is 1. The summed E-state index contributed by atoms with van der Waals surface area (Å²) in [6.45, 7) is 9.16.